The van der Waals surface area contributed by atoms with Crippen LogP contribution in [0.1, 0.15) is 39.5 Å². The van der Waals surface area contributed by atoms with Gasteiger partial charge in [0, 0.05) is 23.8 Å². The third-order valence-electron chi connectivity index (χ3n) is 7.13. The SMILES string of the molecule is CCCCC(CC(=O)O)ON(CC)CCOc1ccc(Oc2c(-c3ccc(S(C)(=O)=O)cc3)ccc3cc(O)ccc23)cc1. The molecule has 9 nitrogen and oxygen atoms in total. The number of unbranched alkanes of at least 4 members (excludes halogenated alkanes) is 1. The Bertz CT molecular complexity index is 1650. The minimum atomic E-state index is -3.33. The molecule has 2 N–H and O–H groups in total. The Morgan fingerprint density at radius 3 is 2.27 bits per heavy atom. The Kier molecular flexibility index (Phi) is 11.2. The lowest BCUT2D eigenvalue weighted by Gasteiger charge is -2.25. The first-order valence-corrected chi connectivity index (χ1v) is 16.6. The molecule has 1 unspecified atom stereocenters. The van der Waals surface area contributed by atoms with Gasteiger partial charge in [0.05, 0.1) is 24.0 Å². The van der Waals surface area contributed by atoms with Crippen molar-refractivity contribution in [1.82, 2.24) is 5.06 Å². The van der Waals surface area contributed by atoms with Gasteiger partial charge in [0.15, 0.2) is 9.84 Å². The van der Waals surface area contributed by atoms with Gasteiger partial charge in [-0.05, 0) is 78.0 Å². The fourth-order valence-electron chi connectivity index (χ4n) is 4.81. The molecule has 0 fully saturated rings. The van der Waals surface area contributed by atoms with E-state index in [0.29, 0.717) is 43.4 Å². The van der Waals surface area contributed by atoms with Gasteiger partial charge in [0.25, 0.3) is 0 Å². The quantitative estimate of drug-likeness (QED) is 0.126. The number of hydroxylamine groups is 2. The Morgan fingerprint density at radius 2 is 1.64 bits per heavy atom. The highest BCUT2D eigenvalue weighted by molar-refractivity contribution is 7.90. The number of hydrogen-bond donors (Lipinski definition) is 2. The molecule has 0 saturated heterocycles. The first kappa shape index (κ1) is 32.8. The number of aliphatic carboxylic acids is 1. The summed E-state index contributed by atoms with van der Waals surface area (Å²) < 4.78 is 36.3. The van der Waals surface area contributed by atoms with E-state index in [2.05, 4.69) is 6.92 Å². The van der Waals surface area contributed by atoms with Crippen molar-refractivity contribution in [1.29, 1.82) is 0 Å². The summed E-state index contributed by atoms with van der Waals surface area (Å²) in [5.41, 5.74) is 1.55. The van der Waals surface area contributed by atoms with Crippen molar-refractivity contribution < 1.29 is 37.7 Å². The summed E-state index contributed by atoms with van der Waals surface area (Å²) >= 11 is 0. The maximum atomic E-state index is 12.0. The lowest BCUT2D eigenvalue weighted by Crippen LogP contribution is -2.34. The van der Waals surface area contributed by atoms with Crippen molar-refractivity contribution in [3.8, 4) is 34.1 Å². The molecule has 10 heteroatoms. The van der Waals surface area contributed by atoms with Gasteiger partial charge < -0.3 is 19.7 Å². The van der Waals surface area contributed by atoms with Crippen LogP contribution < -0.4 is 9.47 Å². The highest BCUT2D eigenvalue weighted by Gasteiger charge is 2.18. The smallest absolute Gasteiger partial charge is 0.306 e. The zero-order valence-electron chi connectivity index (χ0n) is 25.2. The molecule has 4 rings (SSSR count). The van der Waals surface area contributed by atoms with E-state index in [9.17, 15) is 23.4 Å². The molecule has 0 aliphatic rings. The molecule has 4 aromatic rings. The number of phenols is 1. The van der Waals surface area contributed by atoms with Crippen LogP contribution in [0, 0.1) is 0 Å². The second-order valence-electron chi connectivity index (χ2n) is 10.6. The van der Waals surface area contributed by atoms with Crippen LogP contribution in [0.5, 0.6) is 23.0 Å². The lowest BCUT2D eigenvalue weighted by molar-refractivity contribution is -0.204. The highest BCUT2D eigenvalue weighted by Crippen LogP contribution is 2.41. The molecule has 234 valence electrons. The molecule has 0 bridgehead atoms. The van der Waals surface area contributed by atoms with Crippen molar-refractivity contribution >= 4 is 26.6 Å². The minimum Gasteiger partial charge on any atom is -0.508 e. The van der Waals surface area contributed by atoms with Crippen molar-refractivity contribution in [2.45, 2.75) is 50.5 Å². The van der Waals surface area contributed by atoms with E-state index < -0.39 is 15.8 Å². The number of sulfone groups is 1. The zero-order chi connectivity index (χ0) is 31.7. The van der Waals surface area contributed by atoms with E-state index in [1.54, 1.807) is 71.8 Å². The van der Waals surface area contributed by atoms with Gasteiger partial charge in [-0.2, -0.15) is 5.06 Å². The van der Waals surface area contributed by atoms with E-state index >= 15 is 0 Å². The summed E-state index contributed by atoms with van der Waals surface area (Å²) in [7, 11) is -3.33. The number of benzene rings is 4. The van der Waals surface area contributed by atoms with E-state index in [1.165, 1.54) is 6.26 Å². The monoisotopic (exact) mass is 621 g/mol. The first-order valence-electron chi connectivity index (χ1n) is 14.7. The standard InChI is InChI=1S/C34H39NO8S/c1-4-6-7-29(23-33(37)38)43-35(5-2)20-21-41-27-12-14-28(15-13-27)42-34-31(18-10-25-22-26(36)11-19-32(25)34)24-8-16-30(17-9-24)44(3,39)40/h8-19,22,29,36H,4-7,20-21,23H2,1-3H3,(H,37,38). The number of aromatic hydroxyl groups is 1. The molecule has 0 aliphatic heterocycles. The van der Waals surface area contributed by atoms with Gasteiger partial charge in [0.2, 0.25) is 0 Å². The van der Waals surface area contributed by atoms with Gasteiger partial charge in [-0.3, -0.25) is 9.63 Å². The van der Waals surface area contributed by atoms with Gasteiger partial charge in [-0.1, -0.05) is 44.9 Å². The molecule has 4 aromatic carbocycles. The van der Waals surface area contributed by atoms with Crippen LogP contribution in [0.2, 0.25) is 0 Å². The Morgan fingerprint density at radius 1 is 0.932 bits per heavy atom. The topological polar surface area (TPSA) is 123 Å². The van der Waals surface area contributed by atoms with Crippen LogP contribution in [0.3, 0.4) is 0 Å². The summed E-state index contributed by atoms with van der Waals surface area (Å²) in [5.74, 6) is 1.04. The zero-order valence-corrected chi connectivity index (χ0v) is 26.0. The van der Waals surface area contributed by atoms with Crippen molar-refractivity contribution in [3.05, 3.63) is 78.9 Å². The fourth-order valence-corrected chi connectivity index (χ4v) is 5.44. The van der Waals surface area contributed by atoms with E-state index in [0.717, 1.165) is 34.7 Å². The average Bonchev–Trinajstić information content (AvgIpc) is 2.99. The van der Waals surface area contributed by atoms with Gasteiger partial charge in [0.1, 0.15) is 29.6 Å². The van der Waals surface area contributed by atoms with Gasteiger partial charge in [-0.15, -0.1) is 0 Å². The fraction of sp³-hybridized carbons (Fsp3) is 0.324. The maximum Gasteiger partial charge on any atom is 0.306 e. The Hall–Kier alpha value is -4.12. The van der Waals surface area contributed by atoms with Crippen LogP contribution >= 0.6 is 0 Å². The number of hydrogen-bond acceptors (Lipinski definition) is 8. The van der Waals surface area contributed by atoms with Crippen LogP contribution in [0.25, 0.3) is 21.9 Å². The molecule has 0 aliphatic carbocycles. The van der Waals surface area contributed by atoms with Crippen molar-refractivity contribution in [2.24, 2.45) is 0 Å². The number of carbonyl (C=O) groups is 1. The van der Waals surface area contributed by atoms with E-state index in [-0.39, 0.29) is 23.2 Å². The van der Waals surface area contributed by atoms with E-state index in [4.69, 9.17) is 14.3 Å². The summed E-state index contributed by atoms with van der Waals surface area (Å²) in [6, 6.07) is 22.7. The largest absolute Gasteiger partial charge is 0.508 e. The number of nitrogens with zero attached hydrogens (tertiary/aromatic N) is 1. The maximum absolute atomic E-state index is 12.0. The number of ether oxygens (including phenoxy) is 2. The van der Waals surface area contributed by atoms with Gasteiger partial charge >= 0.3 is 5.97 Å². The number of carboxylic acids is 1. The minimum absolute atomic E-state index is 0.0373. The predicted octanol–water partition coefficient (Wildman–Crippen LogP) is 7.07. The highest BCUT2D eigenvalue weighted by atomic mass is 32.2. The molecule has 0 aromatic heterocycles. The van der Waals surface area contributed by atoms with Crippen molar-refractivity contribution in [3.63, 3.8) is 0 Å². The van der Waals surface area contributed by atoms with E-state index in [1.807, 2.05) is 19.1 Å². The van der Waals surface area contributed by atoms with Gasteiger partial charge in [-0.25, -0.2) is 8.42 Å². The number of carboxylic acid groups (broad SMARTS) is 1. The molecule has 44 heavy (non-hydrogen) atoms. The Labute approximate surface area is 258 Å². The molecule has 0 saturated carbocycles. The van der Waals surface area contributed by atoms with Crippen molar-refractivity contribution in [2.75, 3.05) is 26.0 Å². The van der Waals surface area contributed by atoms with Crippen LogP contribution in [-0.4, -0.2) is 61.7 Å². The van der Waals surface area contributed by atoms with Crippen LogP contribution in [-0.2, 0) is 19.5 Å². The first-order chi connectivity index (χ1) is 21.1. The molecular formula is C34H39NO8S. The molecule has 0 spiro atoms. The molecule has 0 amide bonds. The number of fused-ring (bicyclic) bond motifs is 1. The third kappa shape index (κ3) is 8.95. The predicted molar refractivity (Wildman–Crippen MR) is 170 cm³/mol. The second-order valence-corrected chi connectivity index (χ2v) is 12.6. The molecule has 0 heterocycles. The van der Waals surface area contributed by atoms with Crippen LogP contribution in [0.15, 0.2) is 83.8 Å². The molecular weight excluding hydrogens is 582 g/mol. The molecule has 1 atom stereocenters. The third-order valence-corrected chi connectivity index (χ3v) is 8.26. The number of rotatable bonds is 16. The summed E-state index contributed by atoms with van der Waals surface area (Å²) in [6.07, 6.45) is 3.32. The normalized spacial score (nSPS) is 12.4. The number of likely N-dealkylation sites (N-methyl/N-ethyl adjacent to an activating group) is 1. The average molecular weight is 622 g/mol. The molecule has 0 radical (unpaired) electrons. The Balaban J connectivity index is 1.47. The van der Waals surface area contributed by atoms with Crippen LogP contribution in [0.4, 0.5) is 0 Å². The summed E-state index contributed by atoms with van der Waals surface area (Å²) in [6.45, 7) is 5.43. The second kappa shape index (κ2) is 15.1. The lowest BCUT2D eigenvalue weighted by atomic mass is 9.99. The summed E-state index contributed by atoms with van der Waals surface area (Å²) in [4.78, 5) is 17.4. The summed E-state index contributed by atoms with van der Waals surface area (Å²) in [5, 5.41) is 22.6. The number of phenolic OH excluding ortho intramolecular Hbond substituents is 1.